The van der Waals surface area contributed by atoms with E-state index in [-0.39, 0.29) is 23.6 Å². The molecular formula is C32H42N4O4. The van der Waals surface area contributed by atoms with Crippen LogP contribution in [0.1, 0.15) is 92.8 Å². The van der Waals surface area contributed by atoms with Gasteiger partial charge in [-0.05, 0) is 64.3 Å². The first kappa shape index (κ1) is 29.6. The van der Waals surface area contributed by atoms with Crippen LogP contribution < -0.4 is 0 Å². The van der Waals surface area contributed by atoms with Gasteiger partial charge in [-0.1, -0.05) is 62.8 Å². The number of hydrogen-bond donors (Lipinski definition) is 0. The molecule has 0 aromatic heterocycles. The second-order valence-corrected chi connectivity index (χ2v) is 11.1. The molecule has 0 atom stereocenters. The highest BCUT2D eigenvalue weighted by Gasteiger charge is 2.35. The number of carbonyl (C=O) groups excluding carboxylic acids is 4. The zero-order chi connectivity index (χ0) is 28.5. The maximum atomic E-state index is 12.5. The molecule has 214 valence electrons. The van der Waals surface area contributed by atoms with Crippen molar-refractivity contribution in [1.29, 1.82) is 0 Å². The van der Waals surface area contributed by atoms with Crippen molar-refractivity contribution in [2.75, 3.05) is 53.4 Å². The molecule has 8 heteroatoms. The van der Waals surface area contributed by atoms with Gasteiger partial charge in [0, 0.05) is 26.2 Å². The minimum absolute atomic E-state index is 0.179. The van der Waals surface area contributed by atoms with E-state index in [1.54, 1.807) is 48.5 Å². The zero-order valence-electron chi connectivity index (χ0n) is 23.9. The van der Waals surface area contributed by atoms with Crippen molar-refractivity contribution in [3.05, 3.63) is 70.8 Å². The summed E-state index contributed by atoms with van der Waals surface area (Å²) in [6.07, 6.45) is 9.57. The lowest BCUT2D eigenvalue weighted by atomic mass is 10.1. The van der Waals surface area contributed by atoms with E-state index in [9.17, 15) is 19.2 Å². The molecule has 2 heterocycles. The summed E-state index contributed by atoms with van der Waals surface area (Å²) in [7, 11) is 4.10. The van der Waals surface area contributed by atoms with Crippen LogP contribution in [-0.4, -0.2) is 96.6 Å². The maximum Gasteiger partial charge on any atom is 0.261 e. The molecule has 4 rings (SSSR count). The molecule has 2 aromatic rings. The molecule has 8 nitrogen and oxygen atoms in total. The number of imide groups is 2. The summed E-state index contributed by atoms with van der Waals surface area (Å²) < 4.78 is 0. The smallest absolute Gasteiger partial charge is 0.261 e. The fourth-order valence-corrected chi connectivity index (χ4v) is 5.47. The van der Waals surface area contributed by atoms with Crippen molar-refractivity contribution >= 4 is 23.6 Å². The predicted octanol–water partition coefficient (Wildman–Crippen LogP) is 4.56. The molecule has 0 aliphatic carbocycles. The Morgan fingerprint density at radius 3 is 1.02 bits per heavy atom. The first-order chi connectivity index (χ1) is 19.4. The second-order valence-electron chi connectivity index (χ2n) is 11.1. The highest BCUT2D eigenvalue weighted by atomic mass is 16.2. The number of amides is 4. The fourth-order valence-electron chi connectivity index (χ4n) is 5.47. The molecule has 0 unspecified atom stereocenters. The number of unbranched alkanes of at least 4 members (excludes halogenated alkanes) is 7. The Kier molecular flexibility index (Phi) is 10.6. The molecule has 0 fully saturated rings. The van der Waals surface area contributed by atoms with E-state index in [0.717, 1.165) is 25.9 Å². The Morgan fingerprint density at radius 1 is 0.450 bits per heavy atom. The van der Waals surface area contributed by atoms with Crippen molar-refractivity contribution in [3.63, 3.8) is 0 Å². The first-order valence-corrected chi connectivity index (χ1v) is 14.7. The topological polar surface area (TPSA) is 81.2 Å². The van der Waals surface area contributed by atoms with E-state index in [2.05, 4.69) is 23.9 Å². The first-order valence-electron chi connectivity index (χ1n) is 14.7. The third kappa shape index (κ3) is 7.23. The molecule has 2 aliphatic heterocycles. The van der Waals surface area contributed by atoms with Crippen LogP contribution in [0.3, 0.4) is 0 Å². The van der Waals surface area contributed by atoms with Crippen LogP contribution in [0.25, 0.3) is 0 Å². The second kappa shape index (κ2) is 14.3. The number of rotatable bonds is 17. The molecule has 0 radical (unpaired) electrons. The molecule has 4 amide bonds. The summed E-state index contributed by atoms with van der Waals surface area (Å²) in [6, 6.07) is 14.1. The summed E-state index contributed by atoms with van der Waals surface area (Å²) >= 11 is 0. The van der Waals surface area contributed by atoms with Crippen LogP contribution >= 0.6 is 0 Å². The van der Waals surface area contributed by atoms with Gasteiger partial charge in [-0.2, -0.15) is 0 Å². The number of carbonyl (C=O) groups is 4. The Labute approximate surface area is 237 Å². The molecule has 2 aromatic carbocycles. The number of benzene rings is 2. The van der Waals surface area contributed by atoms with Crippen molar-refractivity contribution in [2.45, 2.75) is 51.4 Å². The van der Waals surface area contributed by atoms with Crippen LogP contribution in [0.15, 0.2) is 48.5 Å². The molecule has 0 N–H and O–H groups in total. The van der Waals surface area contributed by atoms with E-state index in [0.29, 0.717) is 48.4 Å². The lowest BCUT2D eigenvalue weighted by Crippen LogP contribution is -2.37. The van der Waals surface area contributed by atoms with Crippen LogP contribution in [0.2, 0.25) is 0 Å². The molecule has 40 heavy (non-hydrogen) atoms. The van der Waals surface area contributed by atoms with Crippen molar-refractivity contribution < 1.29 is 19.2 Å². The third-order valence-electron chi connectivity index (χ3n) is 8.00. The van der Waals surface area contributed by atoms with Crippen molar-refractivity contribution in [1.82, 2.24) is 19.6 Å². The summed E-state index contributed by atoms with van der Waals surface area (Å²) in [5.74, 6) is -0.715. The Morgan fingerprint density at radius 2 is 0.725 bits per heavy atom. The van der Waals surface area contributed by atoms with Gasteiger partial charge in [0.25, 0.3) is 23.6 Å². The quantitative estimate of drug-likeness (QED) is 0.214. The largest absolute Gasteiger partial charge is 0.305 e. The van der Waals surface area contributed by atoms with E-state index in [4.69, 9.17) is 0 Å². The third-order valence-corrected chi connectivity index (χ3v) is 8.00. The van der Waals surface area contributed by atoms with E-state index in [1.165, 1.54) is 48.3 Å². The molecule has 0 saturated carbocycles. The summed E-state index contributed by atoms with van der Waals surface area (Å²) in [6.45, 7) is 4.18. The van der Waals surface area contributed by atoms with E-state index in [1.807, 2.05) is 0 Å². The molecule has 2 aliphatic rings. The van der Waals surface area contributed by atoms with E-state index < -0.39 is 0 Å². The van der Waals surface area contributed by atoms with E-state index >= 15 is 0 Å². The minimum Gasteiger partial charge on any atom is -0.305 e. The van der Waals surface area contributed by atoms with Gasteiger partial charge in [0.1, 0.15) is 0 Å². The number of likely N-dealkylation sites (N-methyl/N-ethyl adjacent to an activating group) is 2. The molecular weight excluding hydrogens is 504 g/mol. The lowest BCUT2D eigenvalue weighted by Gasteiger charge is -2.20. The highest BCUT2D eigenvalue weighted by molar-refractivity contribution is 6.22. The Hall–Kier alpha value is -3.36. The maximum absolute atomic E-state index is 12.5. The number of hydrogen-bond acceptors (Lipinski definition) is 6. The highest BCUT2D eigenvalue weighted by Crippen LogP contribution is 2.23. The van der Waals surface area contributed by atoms with Crippen LogP contribution in [0, 0.1) is 0 Å². The fraction of sp³-hybridized carbons (Fsp3) is 0.500. The van der Waals surface area contributed by atoms with Gasteiger partial charge < -0.3 is 9.80 Å². The zero-order valence-corrected chi connectivity index (χ0v) is 23.9. The standard InChI is InChI=1S/C32H42N4O4/c1-33(21-23-35-29(37)25-15-9-10-16-26(25)30(35)38)19-13-7-5-3-4-6-8-14-20-34(2)22-24-36-31(39)27-17-11-12-18-28(27)32(36)40/h9-12,15-18H,3-8,13-14,19-24H2,1-2H3. The summed E-state index contributed by atoms with van der Waals surface area (Å²) in [5.41, 5.74) is 2.06. The monoisotopic (exact) mass is 546 g/mol. The van der Waals surface area contributed by atoms with Gasteiger partial charge in [-0.3, -0.25) is 29.0 Å². The van der Waals surface area contributed by atoms with Gasteiger partial charge in [0.15, 0.2) is 0 Å². The van der Waals surface area contributed by atoms with Gasteiger partial charge in [-0.15, -0.1) is 0 Å². The Bertz CT molecular complexity index is 1050. The molecule has 0 spiro atoms. The van der Waals surface area contributed by atoms with Gasteiger partial charge in [0.05, 0.1) is 22.3 Å². The Balaban J connectivity index is 0.968. The van der Waals surface area contributed by atoms with Gasteiger partial charge in [0.2, 0.25) is 0 Å². The molecule has 0 bridgehead atoms. The normalized spacial score (nSPS) is 14.7. The van der Waals surface area contributed by atoms with Gasteiger partial charge >= 0.3 is 0 Å². The van der Waals surface area contributed by atoms with Crippen LogP contribution in [0.5, 0.6) is 0 Å². The summed E-state index contributed by atoms with van der Waals surface area (Å²) in [5, 5.41) is 0. The minimum atomic E-state index is -0.179. The summed E-state index contributed by atoms with van der Waals surface area (Å²) in [4.78, 5) is 57.0. The van der Waals surface area contributed by atoms with Crippen molar-refractivity contribution in [2.24, 2.45) is 0 Å². The average Bonchev–Trinajstić information content (AvgIpc) is 3.35. The molecule has 0 saturated heterocycles. The SMILES string of the molecule is CN(CCCCCCCCCCN(C)CCN1C(=O)c2ccccc2C1=O)CCN1C(=O)c2ccccc2C1=O. The number of fused-ring (bicyclic) bond motifs is 2. The van der Waals surface area contributed by atoms with Crippen molar-refractivity contribution in [3.8, 4) is 0 Å². The van der Waals surface area contributed by atoms with Gasteiger partial charge in [-0.25, -0.2) is 0 Å². The lowest BCUT2D eigenvalue weighted by molar-refractivity contribution is 0.0625. The van der Waals surface area contributed by atoms with Crippen LogP contribution in [0.4, 0.5) is 0 Å². The van der Waals surface area contributed by atoms with Crippen LogP contribution in [-0.2, 0) is 0 Å². The predicted molar refractivity (Wildman–Crippen MR) is 156 cm³/mol. The average molecular weight is 547 g/mol. The number of nitrogens with zero attached hydrogens (tertiary/aromatic N) is 4.